The average molecular weight is 300 g/mol. The summed E-state index contributed by atoms with van der Waals surface area (Å²) in [5, 5.41) is 3.01. The second kappa shape index (κ2) is 8.24. The molecule has 114 valence electrons. The highest BCUT2D eigenvalue weighted by molar-refractivity contribution is 7.89. The number of unbranched alkanes of at least 4 members (excludes halogenated alkanes) is 1. The van der Waals surface area contributed by atoms with Crippen LogP contribution in [0.25, 0.3) is 0 Å². The molecule has 0 amide bonds. The molecular formula is C14H24N2O3S. The maximum absolute atomic E-state index is 12.1. The second-order valence-corrected chi connectivity index (χ2v) is 6.93. The minimum atomic E-state index is -3.19. The van der Waals surface area contributed by atoms with Crippen LogP contribution in [0.3, 0.4) is 0 Å². The van der Waals surface area contributed by atoms with Crippen LogP contribution in [0.1, 0.15) is 18.4 Å². The topological polar surface area (TPSA) is 58.6 Å². The zero-order valence-electron chi connectivity index (χ0n) is 12.4. The molecule has 0 unspecified atom stereocenters. The Morgan fingerprint density at radius 2 is 2.05 bits per heavy atom. The smallest absolute Gasteiger partial charge is 0.214 e. The van der Waals surface area contributed by atoms with Crippen LogP contribution in [0.5, 0.6) is 5.75 Å². The van der Waals surface area contributed by atoms with Crippen LogP contribution in [0.2, 0.25) is 0 Å². The van der Waals surface area contributed by atoms with Gasteiger partial charge < -0.3 is 10.1 Å². The van der Waals surface area contributed by atoms with Crippen molar-refractivity contribution in [3.05, 3.63) is 29.8 Å². The van der Waals surface area contributed by atoms with Crippen LogP contribution in [0, 0.1) is 0 Å². The second-order valence-electron chi connectivity index (χ2n) is 4.73. The van der Waals surface area contributed by atoms with Gasteiger partial charge in [-0.1, -0.05) is 12.1 Å². The first-order valence-electron chi connectivity index (χ1n) is 6.71. The fraction of sp³-hybridized carbons (Fsp3) is 0.571. The summed E-state index contributed by atoms with van der Waals surface area (Å²) in [7, 11) is 1.89. The number of nitrogens with one attached hydrogen (secondary N) is 1. The van der Waals surface area contributed by atoms with Crippen LogP contribution in [-0.2, 0) is 16.6 Å². The highest BCUT2D eigenvalue weighted by atomic mass is 32.2. The standard InChI is InChI=1S/C14H24N2O3S/c1-15-9-4-5-10-20(17,18)16(2)12-13-7-6-8-14(11-13)19-3/h6-8,11,15H,4-5,9-10,12H2,1-3H3. The zero-order valence-corrected chi connectivity index (χ0v) is 13.2. The molecule has 1 N–H and O–H groups in total. The lowest BCUT2D eigenvalue weighted by Crippen LogP contribution is -2.29. The minimum Gasteiger partial charge on any atom is -0.497 e. The van der Waals surface area contributed by atoms with Crippen molar-refractivity contribution in [1.29, 1.82) is 0 Å². The molecule has 1 aromatic carbocycles. The van der Waals surface area contributed by atoms with E-state index in [4.69, 9.17) is 4.74 Å². The van der Waals surface area contributed by atoms with E-state index in [-0.39, 0.29) is 5.75 Å². The van der Waals surface area contributed by atoms with Gasteiger partial charge in [0.1, 0.15) is 5.75 Å². The first-order valence-corrected chi connectivity index (χ1v) is 8.32. The summed E-state index contributed by atoms with van der Waals surface area (Å²) in [6.45, 7) is 1.21. The summed E-state index contributed by atoms with van der Waals surface area (Å²) in [5.41, 5.74) is 0.922. The lowest BCUT2D eigenvalue weighted by Gasteiger charge is -2.17. The fourth-order valence-corrected chi connectivity index (χ4v) is 3.09. The number of hydrogen-bond donors (Lipinski definition) is 1. The van der Waals surface area contributed by atoms with Crippen LogP contribution < -0.4 is 10.1 Å². The maximum atomic E-state index is 12.1. The van der Waals surface area contributed by atoms with Crippen molar-refractivity contribution in [3.63, 3.8) is 0 Å². The molecular weight excluding hydrogens is 276 g/mol. The van der Waals surface area contributed by atoms with E-state index in [1.807, 2.05) is 31.3 Å². The Bertz CT molecular complexity index is 503. The molecule has 0 atom stereocenters. The van der Waals surface area contributed by atoms with Gasteiger partial charge >= 0.3 is 0 Å². The monoisotopic (exact) mass is 300 g/mol. The third-order valence-electron chi connectivity index (χ3n) is 3.09. The summed E-state index contributed by atoms with van der Waals surface area (Å²) in [6, 6.07) is 7.46. The number of sulfonamides is 1. The number of nitrogens with zero attached hydrogens (tertiary/aromatic N) is 1. The lowest BCUT2D eigenvalue weighted by molar-refractivity contribution is 0.412. The van der Waals surface area contributed by atoms with Gasteiger partial charge in [-0.15, -0.1) is 0 Å². The van der Waals surface area contributed by atoms with E-state index < -0.39 is 10.0 Å². The van der Waals surface area contributed by atoms with Crippen LogP contribution in [-0.4, -0.2) is 46.2 Å². The molecule has 1 aromatic rings. The summed E-state index contributed by atoms with van der Waals surface area (Å²) >= 11 is 0. The first kappa shape index (κ1) is 16.9. The van der Waals surface area contributed by atoms with Crippen molar-refractivity contribution in [3.8, 4) is 5.75 Å². The quantitative estimate of drug-likeness (QED) is 0.701. The zero-order chi connectivity index (χ0) is 15.0. The Kier molecular flexibility index (Phi) is 6.98. The molecule has 5 nitrogen and oxygen atoms in total. The molecule has 0 radical (unpaired) electrons. The van der Waals surface area contributed by atoms with Gasteiger partial charge in [0.15, 0.2) is 0 Å². The Morgan fingerprint density at radius 3 is 2.70 bits per heavy atom. The maximum Gasteiger partial charge on any atom is 0.214 e. The molecule has 0 fully saturated rings. The SMILES string of the molecule is CNCCCCS(=O)(=O)N(C)Cc1cccc(OC)c1. The summed E-state index contributed by atoms with van der Waals surface area (Å²) < 4.78 is 30.8. The van der Waals surface area contributed by atoms with Crippen molar-refractivity contribution in [2.45, 2.75) is 19.4 Å². The van der Waals surface area contributed by atoms with Gasteiger partial charge in [-0.05, 0) is 44.1 Å². The highest BCUT2D eigenvalue weighted by Gasteiger charge is 2.17. The molecule has 0 aliphatic carbocycles. The van der Waals surface area contributed by atoms with E-state index in [0.29, 0.717) is 13.0 Å². The van der Waals surface area contributed by atoms with E-state index in [0.717, 1.165) is 24.3 Å². The van der Waals surface area contributed by atoms with E-state index in [1.54, 1.807) is 14.2 Å². The Labute approximate surface area is 122 Å². The lowest BCUT2D eigenvalue weighted by atomic mass is 10.2. The molecule has 0 bridgehead atoms. The van der Waals surface area contributed by atoms with Crippen molar-refractivity contribution in [1.82, 2.24) is 9.62 Å². The van der Waals surface area contributed by atoms with E-state index in [9.17, 15) is 8.42 Å². The molecule has 0 spiro atoms. The van der Waals surface area contributed by atoms with Crippen molar-refractivity contribution in [2.75, 3.05) is 33.5 Å². The van der Waals surface area contributed by atoms with E-state index >= 15 is 0 Å². The summed E-state index contributed by atoms with van der Waals surface area (Å²) in [6.07, 6.45) is 1.54. The third-order valence-corrected chi connectivity index (χ3v) is 4.98. The average Bonchev–Trinajstić information content (AvgIpc) is 2.44. The van der Waals surface area contributed by atoms with Crippen molar-refractivity contribution >= 4 is 10.0 Å². The van der Waals surface area contributed by atoms with E-state index in [2.05, 4.69) is 5.32 Å². The largest absolute Gasteiger partial charge is 0.497 e. The Hall–Kier alpha value is -1.11. The Morgan fingerprint density at radius 1 is 1.30 bits per heavy atom. The van der Waals surface area contributed by atoms with Crippen molar-refractivity contribution < 1.29 is 13.2 Å². The van der Waals surface area contributed by atoms with Crippen LogP contribution >= 0.6 is 0 Å². The van der Waals surface area contributed by atoms with Crippen LogP contribution in [0.15, 0.2) is 24.3 Å². The molecule has 20 heavy (non-hydrogen) atoms. The van der Waals surface area contributed by atoms with Crippen LogP contribution in [0.4, 0.5) is 0 Å². The number of hydrogen-bond acceptors (Lipinski definition) is 4. The predicted octanol–water partition coefficient (Wildman–Crippen LogP) is 1.46. The molecule has 0 aromatic heterocycles. The molecule has 0 aliphatic heterocycles. The molecule has 0 heterocycles. The third kappa shape index (κ3) is 5.48. The van der Waals surface area contributed by atoms with Gasteiger partial charge in [0.2, 0.25) is 10.0 Å². The summed E-state index contributed by atoms with van der Waals surface area (Å²) in [4.78, 5) is 0. The van der Waals surface area contributed by atoms with Crippen molar-refractivity contribution in [2.24, 2.45) is 0 Å². The number of benzene rings is 1. The van der Waals surface area contributed by atoms with Gasteiger partial charge in [-0.3, -0.25) is 0 Å². The predicted molar refractivity (Wildman–Crippen MR) is 81.4 cm³/mol. The molecule has 1 rings (SSSR count). The fourth-order valence-electron chi connectivity index (χ4n) is 1.87. The van der Waals surface area contributed by atoms with Gasteiger partial charge in [-0.2, -0.15) is 0 Å². The molecule has 6 heteroatoms. The van der Waals surface area contributed by atoms with Gasteiger partial charge in [0, 0.05) is 13.6 Å². The first-order chi connectivity index (χ1) is 9.49. The molecule has 0 saturated heterocycles. The number of rotatable bonds is 9. The highest BCUT2D eigenvalue weighted by Crippen LogP contribution is 2.15. The Balaban J connectivity index is 2.57. The van der Waals surface area contributed by atoms with Gasteiger partial charge in [0.25, 0.3) is 0 Å². The van der Waals surface area contributed by atoms with E-state index in [1.165, 1.54) is 4.31 Å². The molecule has 0 aliphatic rings. The van der Waals surface area contributed by atoms with Gasteiger partial charge in [-0.25, -0.2) is 12.7 Å². The minimum absolute atomic E-state index is 0.190. The normalized spacial score (nSPS) is 11.8. The van der Waals surface area contributed by atoms with Gasteiger partial charge in [0.05, 0.1) is 12.9 Å². The number of ether oxygens (including phenoxy) is 1. The molecule has 0 saturated carbocycles. The number of methoxy groups -OCH3 is 1. The summed E-state index contributed by atoms with van der Waals surface area (Å²) in [5.74, 6) is 0.928.